The molecule has 2 N–H and O–H groups in total. The van der Waals surface area contributed by atoms with E-state index in [0.717, 1.165) is 44.1 Å². The van der Waals surface area contributed by atoms with Crippen molar-refractivity contribution in [3.63, 3.8) is 0 Å². The molecule has 4 aliphatic rings. The van der Waals surface area contributed by atoms with Crippen molar-refractivity contribution in [2.24, 2.45) is 5.92 Å². The Hall–Kier alpha value is -3.32. The Morgan fingerprint density at radius 2 is 1.94 bits per heavy atom. The molecule has 36 heavy (non-hydrogen) atoms. The van der Waals surface area contributed by atoms with Gasteiger partial charge in [0.05, 0.1) is 26.1 Å². The topological polar surface area (TPSA) is 114 Å². The van der Waals surface area contributed by atoms with Gasteiger partial charge in [0.15, 0.2) is 0 Å². The van der Waals surface area contributed by atoms with Gasteiger partial charge in [0.1, 0.15) is 12.2 Å². The number of carboxylic acid groups (broad SMARTS) is 1. The van der Waals surface area contributed by atoms with Crippen LogP contribution in [-0.2, 0) is 14.4 Å². The molecular weight excluding hydrogens is 462 g/mol. The number of allylic oxidation sites excluding steroid dienone is 2. The quantitative estimate of drug-likeness (QED) is 0.516. The molecule has 0 unspecified atom stereocenters. The van der Waals surface area contributed by atoms with Crippen molar-refractivity contribution in [2.45, 2.75) is 63.6 Å². The van der Waals surface area contributed by atoms with Crippen molar-refractivity contribution in [1.82, 2.24) is 25.1 Å². The first-order valence-electron chi connectivity index (χ1n) is 12.8. The lowest BCUT2D eigenvalue weighted by Gasteiger charge is -2.55. The Morgan fingerprint density at radius 3 is 2.61 bits per heavy atom. The summed E-state index contributed by atoms with van der Waals surface area (Å²) >= 11 is 0. The van der Waals surface area contributed by atoms with Gasteiger partial charge in [0.2, 0.25) is 11.8 Å². The van der Waals surface area contributed by atoms with Crippen molar-refractivity contribution in [2.75, 3.05) is 32.7 Å². The molecule has 10 nitrogen and oxygen atoms in total. The molecule has 10 heteroatoms. The molecule has 2 saturated heterocycles. The first-order valence-corrected chi connectivity index (χ1v) is 12.8. The molecule has 2 heterocycles. The van der Waals surface area contributed by atoms with Gasteiger partial charge in [-0.15, -0.1) is 6.42 Å². The SMILES string of the molecule is C#CCN1CC(=O)N2[C@@H](CC(=O)O)C(=O)N(CC3CCCCC3)C[C@@H]2N1C(=O)NCC1=CCCC=C1. The fraction of sp³-hybridized carbons (Fsp3) is 0.615. The van der Waals surface area contributed by atoms with Crippen LogP contribution in [0.25, 0.3) is 0 Å². The van der Waals surface area contributed by atoms with Crippen LogP contribution in [0.1, 0.15) is 51.4 Å². The number of nitrogens with one attached hydrogen (secondary N) is 1. The zero-order valence-corrected chi connectivity index (χ0v) is 20.6. The Balaban J connectivity index is 1.61. The average Bonchev–Trinajstić information content (AvgIpc) is 2.86. The number of hydrazine groups is 1. The van der Waals surface area contributed by atoms with Gasteiger partial charge in [-0.1, -0.05) is 43.4 Å². The van der Waals surface area contributed by atoms with E-state index < -0.39 is 36.5 Å². The van der Waals surface area contributed by atoms with E-state index in [1.807, 2.05) is 6.08 Å². The van der Waals surface area contributed by atoms with Gasteiger partial charge in [0, 0.05) is 13.1 Å². The molecule has 194 valence electrons. The summed E-state index contributed by atoms with van der Waals surface area (Å²) < 4.78 is 0. The van der Waals surface area contributed by atoms with Crippen molar-refractivity contribution in [3.8, 4) is 12.3 Å². The van der Waals surface area contributed by atoms with Crippen LogP contribution in [0, 0.1) is 18.3 Å². The fourth-order valence-corrected chi connectivity index (χ4v) is 5.71. The third kappa shape index (κ3) is 5.73. The largest absolute Gasteiger partial charge is 0.481 e. The molecule has 0 bridgehead atoms. The molecule has 0 aromatic rings. The normalized spacial score (nSPS) is 25.3. The van der Waals surface area contributed by atoms with E-state index in [0.29, 0.717) is 19.0 Å². The molecule has 2 atom stereocenters. The number of aliphatic carboxylic acids is 1. The zero-order valence-electron chi connectivity index (χ0n) is 20.6. The Morgan fingerprint density at radius 1 is 1.17 bits per heavy atom. The number of carbonyl (C=O) groups is 4. The molecule has 2 aliphatic heterocycles. The van der Waals surface area contributed by atoms with E-state index in [2.05, 4.69) is 23.4 Å². The van der Waals surface area contributed by atoms with Crippen LogP contribution in [0.15, 0.2) is 23.8 Å². The maximum absolute atomic E-state index is 13.5. The number of amides is 4. The van der Waals surface area contributed by atoms with E-state index in [4.69, 9.17) is 6.42 Å². The fourth-order valence-electron chi connectivity index (χ4n) is 5.71. The zero-order chi connectivity index (χ0) is 25.7. The Bertz CT molecular complexity index is 980. The molecule has 2 aliphatic carbocycles. The first kappa shape index (κ1) is 25.8. The van der Waals surface area contributed by atoms with Gasteiger partial charge in [-0.25, -0.2) is 9.80 Å². The number of hydrogen-bond donors (Lipinski definition) is 2. The number of carbonyl (C=O) groups excluding carboxylic acids is 3. The third-order valence-corrected chi connectivity index (χ3v) is 7.40. The Kier molecular flexibility index (Phi) is 8.31. The minimum Gasteiger partial charge on any atom is -0.481 e. The molecule has 3 fully saturated rings. The predicted molar refractivity (Wildman–Crippen MR) is 132 cm³/mol. The number of fused-ring (bicyclic) bond motifs is 1. The van der Waals surface area contributed by atoms with Crippen LogP contribution >= 0.6 is 0 Å². The van der Waals surface area contributed by atoms with Crippen LogP contribution in [0.3, 0.4) is 0 Å². The molecular formula is C26H35N5O5. The highest BCUT2D eigenvalue weighted by molar-refractivity contribution is 5.93. The molecule has 0 aromatic carbocycles. The van der Waals surface area contributed by atoms with E-state index >= 15 is 0 Å². The van der Waals surface area contributed by atoms with Gasteiger partial charge in [-0.2, -0.15) is 5.01 Å². The molecule has 0 radical (unpaired) electrons. The highest BCUT2D eigenvalue weighted by Gasteiger charge is 2.52. The molecule has 4 amide bonds. The molecule has 0 aromatic heterocycles. The number of rotatable bonds is 7. The van der Waals surface area contributed by atoms with E-state index in [-0.39, 0.29) is 25.5 Å². The second-order valence-electron chi connectivity index (χ2n) is 9.93. The second kappa shape index (κ2) is 11.6. The summed E-state index contributed by atoms with van der Waals surface area (Å²) in [6.45, 7) is 0.763. The van der Waals surface area contributed by atoms with Crippen molar-refractivity contribution >= 4 is 23.8 Å². The minimum atomic E-state index is -1.17. The Labute approximate surface area is 211 Å². The van der Waals surface area contributed by atoms with Crippen LogP contribution in [-0.4, -0.2) is 93.7 Å². The predicted octanol–water partition coefficient (Wildman–Crippen LogP) is 1.56. The lowest BCUT2D eigenvalue weighted by atomic mass is 9.88. The van der Waals surface area contributed by atoms with Gasteiger partial charge in [-0.05, 0) is 37.2 Å². The van der Waals surface area contributed by atoms with Crippen molar-refractivity contribution in [3.05, 3.63) is 23.8 Å². The van der Waals surface area contributed by atoms with Gasteiger partial charge in [-0.3, -0.25) is 14.4 Å². The van der Waals surface area contributed by atoms with Crippen molar-refractivity contribution in [1.29, 1.82) is 0 Å². The summed E-state index contributed by atoms with van der Waals surface area (Å²) in [7, 11) is 0. The standard InChI is InChI=1S/C26H35N5O5/c1-2-13-29-18-23(32)30-21(14-24(33)34)25(35)28(16-20-11-7-4-8-12-20)17-22(30)31(29)26(36)27-15-19-9-5-3-6-10-19/h1,5,9-10,20-22H,3-4,6-8,11-18H2,(H,27,36)(H,33,34)/t21-,22-/m0/s1. The summed E-state index contributed by atoms with van der Waals surface area (Å²) in [5, 5.41) is 15.4. The number of piperazine rings is 1. The summed E-state index contributed by atoms with van der Waals surface area (Å²) in [6.07, 6.45) is 17.6. The van der Waals surface area contributed by atoms with Crippen LogP contribution in [0.5, 0.6) is 0 Å². The number of nitrogens with zero attached hydrogens (tertiary/aromatic N) is 4. The second-order valence-corrected chi connectivity index (χ2v) is 9.93. The maximum Gasteiger partial charge on any atom is 0.334 e. The number of urea groups is 1. The average molecular weight is 498 g/mol. The third-order valence-electron chi connectivity index (χ3n) is 7.40. The summed E-state index contributed by atoms with van der Waals surface area (Å²) in [6, 6.07) is -1.60. The van der Waals surface area contributed by atoms with E-state index in [1.54, 1.807) is 4.90 Å². The lowest BCUT2D eigenvalue weighted by Crippen LogP contribution is -2.76. The first-order chi connectivity index (χ1) is 17.4. The van der Waals surface area contributed by atoms with Gasteiger partial charge >= 0.3 is 12.0 Å². The molecule has 1 saturated carbocycles. The van der Waals surface area contributed by atoms with E-state index in [1.165, 1.54) is 21.3 Å². The monoisotopic (exact) mass is 497 g/mol. The van der Waals surface area contributed by atoms with Crippen molar-refractivity contribution < 1.29 is 24.3 Å². The van der Waals surface area contributed by atoms with Crippen LogP contribution in [0.4, 0.5) is 4.79 Å². The highest BCUT2D eigenvalue weighted by Crippen LogP contribution is 2.31. The molecule has 0 spiro atoms. The molecule has 4 rings (SSSR count). The van der Waals surface area contributed by atoms with Crippen LogP contribution in [0.2, 0.25) is 0 Å². The van der Waals surface area contributed by atoms with Gasteiger partial charge < -0.3 is 20.2 Å². The highest BCUT2D eigenvalue weighted by atomic mass is 16.4. The minimum absolute atomic E-state index is 0.0340. The van der Waals surface area contributed by atoms with E-state index in [9.17, 15) is 24.3 Å². The summed E-state index contributed by atoms with van der Waals surface area (Å²) in [5.41, 5.74) is 0.990. The lowest BCUT2D eigenvalue weighted by molar-refractivity contribution is -0.190. The van der Waals surface area contributed by atoms with Crippen LogP contribution < -0.4 is 5.32 Å². The number of carboxylic acids is 1. The smallest absolute Gasteiger partial charge is 0.334 e. The van der Waals surface area contributed by atoms with Gasteiger partial charge in [0.25, 0.3) is 0 Å². The summed E-state index contributed by atoms with van der Waals surface area (Å²) in [4.78, 5) is 54.8. The maximum atomic E-state index is 13.5. The number of hydrogen-bond acceptors (Lipinski definition) is 5. The summed E-state index contributed by atoms with van der Waals surface area (Å²) in [5.74, 6) is 0.894. The number of terminal acetylenes is 1.